The molecule has 1 aliphatic heterocycles. The Morgan fingerprint density at radius 2 is 2.06 bits per heavy atom. The minimum absolute atomic E-state index is 0.329. The predicted molar refractivity (Wildman–Crippen MR) is 66.2 cm³/mol. The maximum Gasteiger partial charge on any atom is 0.136 e. The van der Waals surface area contributed by atoms with Gasteiger partial charge in [-0.3, -0.25) is 4.79 Å². The molecule has 92 valence electrons. The van der Waals surface area contributed by atoms with Crippen molar-refractivity contribution < 1.29 is 9.21 Å². The van der Waals surface area contributed by atoms with Gasteiger partial charge in [-0.1, -0.05) is 0 Å². The van der Waals surface area contributed by atoms with Crippen molar-refractivity contribution in [2.45, 2.75) is 12.8 Å². The summed E-state index contributed by atoms with van der Waals surface area (Å²) >= 11 is 0. The van der Waals surface area contributed by atoms with E-state index >= 15 is 0 Å². The Morgan fingerprint density at radius 1 is 1.22 bits per heavy atom. The molecule has 5 heteroatoms. The van der Waals surface area contributed by atoms with Crippen molar-refractivity contribution in [3.8, 4) is 11.3 Å². The number of ketones is 1. The Kier molecular flexibility index (Phi) is 2.80. The number of carbonyl (C=O) groups is 1. The fraction of sp³-hybridized carbons (Fsp3) is 0.308. The summed E-state index contributed by atoms with van der Waals surface area (Å²) in [6.45, 7) is 1.47. The van der Waals surface area contributed by atoms with Gasteiger partial charge in [-0.15, -0.1) is 0 Å². The summed E-state index contributed by atoms with van der Waals surface area (Å²) in [5.41, 5.74) is 1.78. The number of rotatable bonds is 2. The van der Waals surface area contributed by atoms with Crippen LogP contribution in [0.5, 0.6) is 0 Å². The van der Waals surface area contributed by atoms with Crippen LogP contribution in [0.1, 0.15) is 12.8 Å². The molecule has 5 nitrogen and oxygen atoms in total. The topological polar surface area (TPSA) is 59.2 Å². The van der Waals surface area contributed by atoms with Crippen molar-refractivity contribution in [1.82, 2.24) is 9.97 Å². The lowest BCUT2D eigenvalue weighted by atomic mass is 10.1. The summed E-state index contributed by atoms with van der Waals surface area (Å²) in [4.78, 5) is 21.8. The highest BCUT2D eigenvalue weighted by Crippen LogP contribution is 2.22. The van der Waals surface area contributed by atoms with Crippen LogP contribution in [0.3, 0.4) is 0 Å². The third kappa shape index (κ3) is 2.11. The van der Waals surface area contributed by atoms with Gasteiger partial charge >= 0.3 is 0 Å². The lowest BCUT2D eigenvalue weighted by molar-refractivity contribution is -0.119. The van der Waals surface area contributed by atoms with Crippen molar-refractivity contribution in [3.05, 3.63) is 31.0 Å². The standard InChI is InChI=1S/C13H13N3O2/c17-11-1-4-16(5-2-11)13-7-12(14-9-15-13)10-3-6-18-8-10/h3,6-9H,1-2,4-5H2. The first-order valence-corrected chi connectivity index (χ1v) is 5.94. The zero-order valence-corrected chi connectivity index (χ0v) is 9.87. The fourth-order valence-electron chi connectivity index (χ4n) is 2.07. The molecule has 0 bridgehead atoms. The monoisotopic (exact) mass is 243 g/mol. The first kappa shape index (κ1) is 11.0. The number of hydrogen-bond acceptors (Lipinski definition) is 5. The SMILES string of the molecule is O=C1CCN(c2cc(-c3ccoc3)ncn2)CC1. The molecule has 0 aliphatic carbocycles. The molecule has 2 aromatic heterocycles. The Balaban J connectivity index is 1.85. The van der Waals surface area contributed by atoms with Crippen LogP contribution in [0.2, 0.25) is 0 Å². The largest absolute Gasteiger partial charge is 0.472 e. The second-order valence-electron chi connectivity index (χ2n) is 4.30. The zero-order chi connectivity index (χ0) is 12.4. The molecule has 0 spiro atoms. The second kappa shape index (κ2) is 4.60. The van der Waals surface area contributed by atoms with E-state index in [4.69, 9.17) is 4.42 Å². The normalized spacial score (nSPS) is 16.0. The quantitative estimate of drug-likeness (QED) is 0.806. The van der Waals surface area contributed by atoms with Crippen molar-refractivity contribution in [1.29, 1.82) is 0 Å². The van der Waals surface area contributed by atoms with Crippen LogP contribution in [-0.4, -0.2) is 28.8 Å². The molecule has 0 amide bonds. The number of hydrogen-bond donors (Lipinski definition) is 0. The lowest BCUT2D eigenvalue weighted by Crippen LogP contribution is -2.34. The average Bonchev–Trinajstić information content (AvgIpc) is 2.94. The summed E-state index contributed by atoms with van der Waals surface area (Å²) in [7, 11) is 0. The number of nitrogens with zero attached hydrogens (tertiary/aromatic N) is 3. The zero-order valence-electron chi connectivity index (χ0n) is 9.87. The Hall–Kier alpha value is -2.17. The number of piperidine rings is 1. The molecule has 1 fully saturated rings. The Morgan fingerprint density at radius 3 is 2.78 bits per heavy atom. The Labute approximate surface area is 104 Å². The molecular weight excluding hydrogens is 230 g/mol. The summed E-state index contributed by atoms with van der Waals surface area (Å²) < 4.78 is 5.05. The first-order chi connectivity index (χ1) is 8.83. The summed E-state index contributed by atoms with van der Waals surface area (Å²) in [6.07, 6.45) is 6.03. The van der Waals surface area contributed by atoms with Crippen LogP contribution < -0.4 is 4.90 Å². The number of furan rings is 1. The molecule has 1 saturated heterocycles. The summed E-state index contributed by atoms with van der Waals surface area (Å²) in [5, 5.41) is 0. The van der Waals surface area contributed by atoms with Gasteiger partial charge in [-0.2, -0.15) is 0 Å². The van der Waals surface area contributed by atoms with E-state index in [-0.39, 0.29) is 0 Å². The molecule has 0 saturated carbocycles. The summed E-state index contributed by atoms with van der Waals surface area (Å²) in [6, 6.07) is 3.80. The highest BCUT2D eigenvalue weighted by molar-refractivity contribution is 5.81. The lowest BCUT2D eigenvalue weighted by Gasteiger charge is -2.26. The minimum atomic E-state index is 0.329. The number of carbonyl (C=O) groups excluding carboxylic acids is 1. The van der Waals surface area contributed by atoms with E-state index in [1.807, 2.05) is 12.1 Å². The van der Waals surface area contributed by atoms with Crippen LogP contribution in [-0.2, 0) is 4.79 Å². The molecule has 1 aliphatic rings. The van der Waals surface area contributed by atoms with E-state index in [0.717, 1.165) is 30.2 Å². The molecule has 0 N–H and O–H groups in total. The molecule has 0 radical (unpaired) electrons. The van der Waals surface area contributed by atoms with Gasteiger partial charge in [0.25, 0.3) is 0 Å². The molecule has 2 aromatic rings. The van der Waals surface area contributed by atoms with Crippen LogP contribution in [0.15, 0.2) is 35.4 Å². The molecule has 3 rings (SSSR count). The smallest absolute Gasteiger partial charge is 0.136 e. The third-order valence-corrected chi connectivity index (χ3v) is 3.11. The van der Waals surface area contributed by atoms with E-state index in [9.17, 15) is 4.79 Å². The van der Waals surface area contributed by atoms with Gasteiger partial charge < -0.3 is 9.32 Å². The number of anilines is 1. The van der Waals surface area contributed by atoms with E-state index in [1.54, 1.807) is 18.9 Å². The molecule has 0 unspecified atom stereocenters. The second-order valence-corrected chi connectivity index (χ2v) is 4.30. The van der Waals surface area contributed by atoms with E-state index in [0.29, 0.717) is 18.6 Å². The molecule has 18 heavy (non-hydrogen) atoms. The average molecular weight is 243 g/mol. The maximum atomic E-state index is 11.2. The van der Waals surface area contributed by atoms with Crippen LogP contribution >= 0.6 is 0 Å². The van der Waals surface area contributed by atoms with E-state index in [1.165, 1.54) is 0 Å². The van der Waals surface area contributed by atoms with Gasteiger partial charge in [0, 0.05) is 37.6 Å². The maximum absolute atomic E-state index is 11.2. The highest BCUT2D eigenvalue weighted by Gasteiger charge is 2.17. The molecule has 3 heterocycles. The van der Waals surface area contributed by atoms with Gasteiger partial charge in [0.05, 0.1) is 18.2 Å². The van der Waals surface area contributed by atoms with Crippen molar-refractivity contribution in [3.63, 3.8) is 0 Å². The molecule has 0 aromatic carbocycles. The van der Waals surface area contributed by atoms with Crippen LogP contribution in [0.4, 0.5) is 5.82 Å². The van der Waals surface area contributed by atoms with Gasteiger partial charge in [0.2, 0.25) is 0 Å². The Bertz CT molecular complexity index is 541. The predicted octanol–water partition coefficient (Wildman–Crippen LogP) is 1.91. The first-order valence-electron chi connectivity index (χ1n) is 5.94. The third-order valence-electron chi connectivity index (χ3n) is 3.11. The van der Waals surface area contributed by atoms with Gasteiger partial charge in [-0.25, -0.2) is 9.97 Å². The minimum Gasteiger partial charge on any atom is -0.472 e. The van der Waals surface area contributed by atoms with E-state index < -0.39 is 0 Å². The van der Waals surface area contributed by atoms with Crippen LogP contribution in [0.25, 0.3) is 11.3 Å². The summed E-state index contributed by atoms with van der Waals surface area (Å²) in [5.74, 6) is 1.20. The van der Waals surface area contributed by atoms with Gasteiger partial charge in [0.1, 0.15) is 17.9 Å². The van der Waals surface area contributed by atoms with Gasteiger partial charge in [0.15, 0.2) is 0 Å². The van der Waals surface area contributed by atoms with Crippen molar-refractivity contribution in [2.75, 3.05) is 18.0 Å². The number of aromatic nitrogens is 2. The van der Waals surface area contributed by atoms with Gasteiger partial charge in [-0.05, 0) is 6.07 Å². The molecule has 0 atom stereocenters. The highest BCUT2D eigenvalue weighted by atomic mass is 16.3. The number of Topliss-reactive ketones (excluding diaryl/α,β-unsaturated/α-hetero) is 1. The van der Waals surface area contributed by atoms with Crippen molar-refractivity contribution in [2.24, 2.45) is 0 Å². The molecular formula is C13H13N3O2. The van der Waals surface area contributed by atoms with Crippen molar-refractivity contribution >= 4 is 11.6 Å². The van der Waals surface area contributed by atoms with Crippen LogP contribution in [0, 0.1) is 0 Å². The van der Waals surface area contributed by atoms with E-state index in [2.05, 4.69) is 14.9 Å². The fourth-order valence-corrected chi connectivity index (χ4v) is 2.07.